The first-order chi connectivity index (χ1) is 10.3. The van der Waals surface area contributed by atoms with Crippen LogP contribution in [0.4, 0.5) is 0 Å². The molecule has 0 aliphatic heterocycles. The molecule has 0 amide bonds. The van der Waals surface area contributed by atoms with Gasteiger partial charge in [-0.05, 0) is 29.8 Å². The molecule has 1 atom stereocenters. The Kier molecular flexibility index (Phi) is 5.46. The average Bonchev–Trinajstić information content (AvgIpc) is 2.56. The van der Waals surface area contributed by atoms with Gasteiger partial charge in [-0.25, -0.2) is 0 Å². The lowest BCUT2D eigenvalue weighted by molar-refractivity contribution is 0.273. The largest absolute Gasteiger partial charge is 0.497 e. The summed E-state index contributed by atoms with van der Waals surface area (Å²) in [4.78, 5) is 0. The topological polar surface area (TPSA) is 53.7 Å². The maximum Gasteiger partial charge on any atom is 0.161 e. The molecule has 0 spiro atoms. The van der Waals surface area contributed by atoms with Crippen LogP contribution in [0.1, 0.15) is 11.5 Å². The van der Waals surface area contributed by atoms with Crippen molar-refractivity contribution in [3.8, 4) is 17.2 Å². The van der Waals surface area contributed by atoms with Crippen LogP contribution >= 0.6 is 0 Å². The van der Waals surface area contributed by atoms with E-state index >= 15 is 0 Å². The van der Waals surface area contributed by atoms with Crippen LogP contribution in [0.15, 0.2) is 48.5 Å². The molecule has 4 heteroatoms. The fourth-order valence-corrected chi connectivity index (χ4v) is 2.10. The van der Waals surface area contributed by atoms with Crippen LogP contribution in [0.5, 0.6) is 17.2 Å². The zero-order valence-electron chi connectivity index (χ0n) is 12.4. The second-order valence-electron chi connectivity index (χ2n) is 4.67. The standard InChI is InChI=1S/C17H21NO3/c1-19-15-9-7-13(8-10-15)14(11-18)12-21-17-6-4-3-5-16(17)20-2/h3-10,14H,11-12,18H2,1-2H3. The van der Waals surface area contributed by atoms with E-state index in [0.29, 0.717) is 13.2 Å². The summed E-state index contributed by atoms with van der Waals surface area (Å²) in [6.07, 6.45) is 0. The van der Waals surface area contributed by atoms with E-state index in [1.807, 2.05) is 48.5 Å². The average molecular weight is 287 g/mol. The van der Waals surface area contributed by atoms with Gasteiger partial charge in [-0.2, -0.15) is 0 Å². The van der Waals surface area contributed by atoms with Gasteiger partial charge in [0.1, 0.15) is 5.75 Å². The molecule has 1 unspecified atom stereocenters. The number of methoxy groups -OCH3 is 2. The molecule has 0 aromatic heterocycles. The SMILES string of the molecule is COc1ccc(C(CN)COc2ccccc2OC)cc1. The maximum absolute atomic E-state index is 5.87. The van der Waals surface area contributed by atoms with Crippen molar-refractivity contribution >= 4 is 0 Å². The van der Waals surface area contributed by atoms with E-state index in [1.165, 1.54) is 0 Å². The summed E-state index contributed by atoms with van der Waals surface area (Å²) in [6, 6.07) is 15.5. The minimum absolute atomic E-state index is 0.126. The van der Waals surface area contributed by atoms with E-state index in [1.54, 1.807) is 14.2 Å². The summed E-state index contributed by atoms with van der Waals surface area (Å²) in [5.74, 6) is 2.41. The monoisotopic (exact) mass is 287 g/mol. The Balaban J connectivity index is 2.04. The molecule has 2 N–H and O–H groups in total. The minimum Gasteiger partial charge on any atom is -0.497 e. The lowest BCUT2D eigenvalue weighted by Gasteiger charge is -2.17. The van der Waals surface area contributed by atoms with Gasteiger partial charge in [-0.1, -0.05) is 24.3 Å². The molecule has 0 fully saturated rings. The van der Waals surface area contributed by atoms with Crippen LogP contribution in [0.25, 0.3) is 0 Å². The first-order valence-corrected chi connectivity index (χ1v) is 6.88. The number of hydrogen-bond acceptors (Lipinski definition) is 4. The van der Waals surface area contributed by atoms with Crippen LogP contribution in [0.2, 0.25) is 0 Å². The summed E-state index contributed by atoms with van der Waals surface area (Å²) in [5.41, 5.74) is 7.00. The van der Waals surface area contributed by atoms with Gasteiger partial charge < -0.3 is 19.9 Å². The second kappa shape index (κ2) is 7.55. The Labute approximate surface area is 125 Å². The van der Waals surface area contributed by atoms with Crippen LogP contribution in [0.3, 0.4) is 0 Å². The summed E-state index contributed by atoms with van der Waals surface area (Å²) in [5, 5.41) is 0. The van der Waals surface area contributed by atoms with Gasteiger partial charge in [0.25, 0.3) is 0 Å². The Morgan fingerprint density at radius 3 is 2.14 bits per heavy atom. The predicted octanol–water partition coefficient (Wildman–Crippen LogP) is 2.83. The predicted molar refractivity (Wildman–Crippen MR) is 83.3 cm³/mol. The molecular formula is C17H21NO3. The van der Waals surface area contributed by atoms with Gasteiger partial charge >= 0.3 is 0 Å². The van der Waals surface area contributed by atoms with E-state index in [-0.39, 0.29) is 5.92 Å². The summed E-state index contributed by atoms with van der Waals surface area (Å²) < 4.78 is 16.3. The van der Waals surface area contributed by atoms with E-state index in [9.17, 15) is 0 Å². The first kappa shape index (κ1) is 15.2. The maximum atomic E-state index is 5.87. The summed E-state index contributed by atoms with van der Waals surface area (Å²) >= 11 is 0. The molecule has 0 saturated heterocycles. The molecule has 2 aromatic rings. The number of rotatable bonds is 7. The highest BCUT2D eigenvalue weighted by Gasteiger charge is 2.12. The van der Waals surface area contributed by atoms with Crippen molar-refractivity contribution in [2.24, 2.45) is 5.73 Å². The molecule has 112 valence electrons. The van der Waals surface area contributed by atoms with Crippen LogP contribution in [-0.2, 0) is 0 Å². The molecule has 0 aliphatic rings. The first-order valence-electron chi connectivity index (χ1n) is 6.88. The van der Waals surface area contributed by atoms with Gasteiger partial charge in [0.05, 0.1) is 20.8 Å². The zero-order valence-corrected chi connectivity index (χ0v) is 12.4. The van der Waals surface area contributed by atoms with Crippen LogP contribution in [-0.4, -0.2) is 27.4 Å². The van der Waals surface area contributed by atoms with Gasteiger partial charge in [0.2, 0.25) is 0 Å². The van der Waals surface area contributed by atoms with Crippen molar-refractivity contribution in [3.05, 3.63) is 54.1 Å². The molecule has 0 heterocycles. The van der Waals surface area contributed by atoms with Crippen molar-refractivity contribution < 1.29 is 14.2 Å². The third-order valence-corrected chi connectivity index (χ3v) is 3.38. The fraction of sp³-hybridized carbons (Fsp3) is 0.294. The smallest absolute Gasteiger partial charge is 0.161 e. The molecule has 0 bridgehead atoms. The lowest BCUT2D eigenvalue weighted by Crippen LogP contribution is -2.19. The quantitative estimate of drug-likeness (QED) is 0.851. The van der Waals surface area contributed by atoms with Crippen LogP contribution in [0, 0.1) is 0 Å². The second-order valence-corrected chi connectivity index (χ2v) is 4.67. The number of para-hydroxylation sites is 2. The van der Waals surface area contributed by atoms with Crippen molar-refractivity contribution in [3.63, 3.8) is 0 Å². The number of benzene rings is 2. The Hall–Kier alpha value is -2.20. The number of ether oxygens (including phenoxy) is 3. The minimum atomic E-state index is 0.126. The number of hydrogen-bond donors (Lipinski definition) is 1. The van der Waals surface area contributed by atoms with Gasteiger partial charge in [-0.3, -0.25) is 0 Å². The molecular weight excluding hydrogens is 266 g/mol. The van der Waals surface area contributed by atoms with E-state index in [2.05, 4.69) is 0 Å². The van der Waals surface area contributed by atoms with E-state index in [0.717, 1.165) is 22.8 Å². The molecule has 2 aromatic carbocycles. The third-order valence-electron chi connectivity index (χ3n) is 3.38. The summed E-state index contributed by atoms with van der Waals surface area (Å²) in [7, 11) is 3.28. The Morgan fingerprint density at radius 2 is 1.57 bits per heavy atom. The van der Waals surface area contributed by atoms with E-state index < -0.39 is 0 Å². The van der Waals surface area contributed by atoms with Gasteiger partial charge in [0.15, 0.2) is 11.5 Å². The normalized spacial score (nSPS) is 11.8. The van der Waals surface area contributed by atoms with Gasteiger partial charge in [-0.15, -0.1) is 0 Å². The summed E-state index contributed by atoms with van der Waals surface area (Å²) in [6.45, 7) is 1.02. The van der Waals surface area contributed by atoms with Gasteiger partial charge in [0, 0.05) is 12.5 Å². The van der Waals surface area contributed by atoms with Crippen molar-refractivity contribution in [1.29, 1.82) is 0 Å². The molecule has 21 heavy (non-hydrogen) atoms. The molecule has 4 nitrogen and oxygen atoms in total. The van der Waals surface area contributed by atoms with Crippen LogP contribution < -0.4 is 19.9 Å². The van der Waals surface area contributed by atoms with Crippen molar-refractivity contribution in [1.82, 2.24) is 0 Å². The fourth-order valence-electron chi connectivity index (χ4n) is 2.10. The zero-order chi connectivity index (χ0) is 15.1. The highest BCUT2D eigenvalue weighted by atomic mass is 16.5. The highest BCUT2D eigenvalue weighted by Crippen LogP contribution is 2.27. The molecule has 0 aliphatic carbocycles. The highest BCUT2D eigenvalue weighted by molar-refractivity contribution is 5.39. The Morgan fingerprint density at radius 1 is 0.905 bits per heavy atom. The third kappa shape index (κ3) is 3.89. The van der Waals surface area contributed by atoms with E-state index in [4.69, 9.17) is 19.9 Å². The van der Waals surface area contributed by atoms with Crippen molar-refractivity contribution in [2.45, 2.75) is 5.92 Å². The Bertz CT molecular complexity index is 554. The molecule has 2 rings (SSSR count). The lowest BCUT2D eigenvalue weighted by atomic mass is 10.0. The molecule has 0 radical (unpaired) electrons. The molecule has 0 saturated carbocycles. The van der Waals surface area contributed by atoms with Crippen molar-refractivity contribution in [2.75, 3.05) is 27.4 Å². The number of nitrogens with two attached hydrogens (primary N) is 1.